The Kier molecular flexibility index (Phi) is 13.0. The van der Waals surface area contributed by atoms with E-state index in [1.807, 2.05) is 0 Å². The van der Waals surface area contributed by atoms with E-state index in [4.69, 9.17) is 44.1 Å². The number of carboxylic acids is 2. The number of hydrogen-bond donors (Lipinski definition) is 4. The highest BCUT2D eigenvalue weighted by Crippen LogP contribution is 2.28. The van der Waals surface area contributed by atoms with Gasteiger partial charge in [0.1, 0.15) is 0 Å². The predicted molar refractivity (Wildman–Crippen MR) is 139 cm³/mol. The molecule has 3 rings (SSSR count). The third-order valence-corrected chi connectivity index (χ3v) is 4.75. The van der Waals surface area contributed by atoms with Crippen molar-refractivity contribution in [2.75, 3.05) is 35.0 Å². The van der Waals surface area contributed by atoms with Gasteiger partial charge in [0.15, 0.2) is 34.5 Å². The highest BCUT2D eigenvalue weighted by Gasteiger charge is 2.11. The van der Waals surface area contributed by atoms with Crippen molar-refractivity contribution >= 4 is 17.9 Å². The number of esters is 1. The summed E-state index contributed by atoms with van der Waals surface area (Å²) in [6, 6.07) is 12.7. The second-order valence-electron chi connectivity index (χ2n) is 7.17. The van der Waals surface area contributed by atoms with E-state index >= 15 is 0 Å². The van der Waals surface area contributed by atoms with Crippen molar-refractivity contribution < 1.29 is 58.5 Å². The molecule has 210 valence electrons. The lowest BCUT2D eigenvalue weighted by atomic mass is 10.2. The van der Waals surface area contributed by atoms with Crippen molar-refractivity contribution in [3.05, 3.63) is 71.3 Å². The molecule has 3 aromatic rings. The number of phenols is 2. The van der Waals surface area contributed by atoms with Crippen LogP contribution in [0.5, 0.6) is 34.5 Å². The van der Waals surface area contributed by atoms with E-state index in [-0.39, 0.29) is 22.8 Å². The van der Waals surface area contributed by atoms with Gasteiger partial charge in [0, 0.05) is 0 Å². The summed E-state index contributed by atoms with van der Waals surface area (Å²) in [6.07, 6.45) is 0. The summed E-state index contributed by atoms with van der Waals surface area (Å²) in [7, 11) is 6.02. The van der Waals surface area contributed by atoms with E-state index < -0.39 is 17.7 Å². The number of aromatic carboxylic acids is 2. The first-order chi connectivity index (χ1) is 18.5. The lowest BCUT2D eigenvalue weighted by Crippen LogP contribution is -2.05. The minimum atomic E-state index is -1.14. The highest BCUT2D eigenvalue weighted by molar-refractivity contribution is 5.90. The zero-order chi connectivity index (χ0) is 29.5. The van der Waals surface area contributed by atoms with Crippen LogP contribution in [0.2, 0.25) is 0 Å². The second kappa shape index (κ2) is 15.9. The van der Waals surface area contributed by atoms with Crippen LogP contribution in [0.15, 0.2) is 54.6 Å². The number of carbonyl (C=O) groups excluding carboxylic acids is 1. The molecule has 0 bridgehead atoms. The third-order valence-electron chi connectivity index (χ3n) is 4.75. The zero-order valence-electron chi connectivity index (χ0n) is 22.0. The van der Waals surface area contributed by atoms with Gasteiger partial charge in [-0.2, -0.15) is 0 Å². The van der Waals surface area contributed by atoms with Crippen LogP contribution in [0.3, 0.4) is 0 Å². The van der Waals surface area contributed by atoms with Crippen molar-refractivity contribution in [3.63, 3.8) is 0 Å². The topological polar surface area (TPSA) is 178 Å². The van der Waals surface area contributed by atoms with Gasteiger partial charge < -0.3 is 44.1 Å². The SMILES string of the molecule is CCOC(=O)c1ccc(OC)c(OC)c1.COc1ccc(C(=O)O)cc1OC.O=C(O)c1ccc(O)c(O)c1. The Balaban J connectivity index is 0.000000296. The quantitative estimate of drug-likeness (QED) is 0.235. The van der Waals surface area contributed by atoms with Crippen molar-refractivity contribution in [3.8, 4) is 34.5 Å². The van der Waals surface area contributed by atoms with Crippen molar-refractivity contribution in [2.45, 2.75) is 6.92 Å². The van der Waals surface area contributed by atoms with Gasteiger partial charge in [-0.25, -0.2) is 14.4 Å². The molecular formula is C27H30O12. The third kappa shape index (κ3) is 9.69. The van der Waals surface area contributed by atoms with Gasteiger partial charge in [-0.05, 0) is 61.5 Å². The summed E-state index contributed by atoms with van der Waals surface area (Å²) in [6.45, 7) is 2.12. The molecule has 0 amide bonds. The first-order valence-electron chi connectivity index (χ1n) is 11.1. The zero-order valence-corrected chi connectivity index (χ0v) is 22.0. The van der Waals surface area contributed by atoms with Crippen LogP contribution in [0, 0.1) is 0 Å². The summed E-state index contributed by atoms with van der Waals surface area (Å²) in [5.74, 6) is -1.19. The van der Waals surface area contributed by atoms with Crippen LogP contribution in [0.1, 0.15) is 38.0 Å². The summed E-state index contributed by atoms with van der Waals surface area (Å²) in [5, 5.41) is 34.7. The normalized spacial score (nSPS) is 9.46. The van der Waals surface area contributed by atoms with E-state index in [9.17, 15) is 14.4 Å². The lowest BCUT2D eigenvalue weighted by Gasteiger charge is -2.08. The number of ether oxygens (including phenoxy) is 5. The van der Waals surface area contributed by atoms with Crippen LogP contribution >= 0.6 is 0 Å². The summed E-state index contributed by atoms with van der Waals surface area (Å²) >= 11 is 0. The van der Waals surface area contributed by atoms with E-state index in [0.717, 1.165) is 12.1 Å². The molecule has 12 nitrogen and oxygen atoms in total. The molecule has 0 radical (unpaired) electrons. The van der Waals surface area contributed by atoms with Gasteiger partial charge in [-0.3, -0.25) is 0 Å². The summed E-state index contributed by atoms with van der Waals surface area (Å²) < 4.78 is 24.9. The minimum absolute atomic E-state index is 0.0553. The Hall–Kier alpha value is -5.13. The molecule has 0 fully saturated rings. The Morgan fingerprint density at radius 2 is 1.00 bits per heavy atom. The van der Waals surface area contributed by atoms with Crippen LogP contribution in [0.25, 0.3) is 0 Å². The number of rotatable bonds is 8. The van der Waals surface area contributed by atoms with Gasteiger partial charge >= 0.3 is 17.9 Å². The van der Waals surface area contributed by atoms with Crippen molar-refractivity contribution in [1.29, 1.82) is 0 Å². The first-order valence-corrected chi connectivity index (χ1v) is 11.1. The molecule has 12 heteroatoms. The molecule has 0 aromatic heterocycles. The van der Waals surface area contributed by atoms with E-state index in [1.165, 1.54) is 39.5 Å². The van der Waals surface area contributed by atoms with Crippen LogP contribution in [-0.4, -0.2) is 73.4 Å². The monoisotopic (exact) mass is 546 g/mol. The summed E-state index contributed by atoms with van der Waals surface area (Å²) in [4.78, 5) is 32.2. The number of phenolic OH excluding ortho intramolecular Hbond substituents is 2. The van der Waals surface area contributed by atoms with E-state index in [0.29, 0.717) is 35.2 Å². The van der Waals surface area contributed by atoms with Crippen LogP contribution in [0.4, 0.5) is 0 Å². The maximum atomic E-state index is 11.4. The van der Waals surface area contributed by atoms with E-state index in [1.54, 1.807) is 38.3 Å². The largest absolute Gasteiger partial charge is 0.504 e. The van der Waals surface area contributed by atoms with Crippen LogP contribution < -0.4 is 18.9 Å². The first kappa shape index (κ1) is 31.9. The molecule has 0 saturated carbocycles. The fourth-order valence-electron chi connectivity index (χ4n) is 2.80. The van der Waals surface area contributed by atoms with E-state index in [2.05, 4.69) is 0 Å². The van der Waals surface area contributed by atoms with Gasteiger partial charge in [-0.15, -0.1) is 0 Å². The summed E-state index contributed by atoms with van der Waals surface area (Å²) in [5.41, 5.74) is 0.576. The number of carbonyl (C=O) groups is 3. The predicted octanol–water partition coefficient (Wildman–Crippen LogP) is 4.08. The average molecular weight is 547 g/mol. The molecule has 0 atom stereocenters. The molecule has 0 aliphatic heterocycles. The van der Waals surface area contributed by atoms with Gasteiger partial charge in [0.25, 0.3) is 0 Å². The molecule has 0 heterocycles. The fourth-order valence-corrected chi connectivity index (χ4v) is 2.80. The number of hydrogen-bond acceptors (Lipinski definition) is 10. The molecule has 0 aliphatic carbocycles. The molecule has 4 N–H and O–H groups in total. The minimum Gasteiger partial charge on any atom is -0.504 e. The molecular weight excluding hydrogens is 516 g/mol. The molecule has 0 unspecified atom stereocenters. The van der Waals surface area contributed by atoms with Crippen molar-refractivity contribution in [1.82, 2.24) is 0 Å². The lowest BCUT2D eigenvalue weighted by molar-refractivity contribution is 0.0524. The van der Waals surface area contributed by atoms with Gasteiger partial charge in [-0.1, -0.05) is 0 Å². The number of methoxy groups -OCH3 is 4. The smallest absolute Gasteiger partial charge is 0.338 e. The Morgan fingerprint density at radius 3 is 1.41 bits per heavy atom. The number of aromatic hydroxyl groups is 2. The van der Waals surface area contributed by atoms with Crippen LogP contribution in [-0.2, 0) is 4.74 Å². The molecule has 0 aliphatic rings. The Labute approximate surface area is 224 Å². The Morgan fingerprint density at radius 1 is 0.590 bits per heavy atom. The molecule has 39 heavy (non-hydrogen) atoms. The number of carboxylic acid groups (broad SMARTS) is 2. The van der Waals surface area contributed by atoms with Gasteiger partial charge in [0.2, 0.25) is 0 Å². The van der Waals surface area contributed by atoms with Gasteiger partial charge in [0.05, 0.1) is 51.7 Å². The average Bonchev–Trinajstić information content (AvgIpc) is 2.94. The maximum absolute atomic E-state index is 11.4. The Bertz CT molecular complexity index is 1270. The van der Waals surface area contributed by atoms with Crippen molar-refractivity contribution in [2.24, 2.45) is 0 Å². The second-order valence-corrected chi connectivity index (χ2v) is 7.17. The highest BCUT2D eigenvalue weighted by atomic mass is 16.5. The fraction of sp³-hybridized carbons (Fsp3) is 0.222. The molecule has 0 saturated heterocycles. The maximum Gasteiger partial charge on any atom is 0.338 e. The molecule has 3 aromatic carbocycles. The molecule has 0 spiro atoms. The number of benzene rings is 3. The standard InChI is InChI=1S/C11H14O4.C9H10O4.C7H6O4/c1-4-15-11(12)8-5-6-9(13-2)10(7-8)14-3;1-12-7-4-3-6(9(10)11)5-8(7)13-2;8-5-2-1-4(7(10)11)3-6(5)9/h5-7H,4H2,1-3H3;3-5H,1-2H3,(H,10,11);1-3,8-9H,(H,10,11).